The van der Waals surface area contributed by atoms with E-state index in [1.807, 2.05) is 18.2 Å². The van der Waals surface area contributed by atoms with Gasteiger partial charge in [0.15, 0.2) is 0 Å². The summed E-state index contributed by atoms with van der Waals surface area (Å²) in [5.74, 6) is 0. The largest absolute Gasteiger partial charge is 0.390 e. The highest BCUT2D eigenvalue weighted by Crippen LogP contribution is 2.13. The van der Waals surface area contributed by atoms with Gasteiger partial charge in [-0.1, -0.05) is 30.3 Å². The molecule has 2 rings (SSSR count). The molecule has 0 aliphatic carbocycles. The van der Waals surface area contributed by atoms with E-state index in [2.05, 4.69) is 17.0 Å². The fourth-order valence-corrected chi connectivity index (χ4v) is 1.97. The Balaban J connectivity index is 1.91. The summed E-state index contributed by atoms with van der Waals surface area (Å²) >= 11 is 0. The smallest absolute Gasteiger partial charge is 0.0926 e. The maximum atomic E-state index is 9.53. The summed E-state index contributed by atoms with van der Waals surface area (Å²) in [6, 6.07) is 10.2. The molecule has 0 aromatic heterocycles. The molecule has 2 atom stereocenters. The van der Waals surface area contributed by atoms with Crippen LogP contribution in [-0.4, -0.2) is 40.4 Å². The van der Waals surface area contributed by atoms with Crippen LogP contribution in [0.5, 0.6) is 0 Å². The summed E-state index contributed by atoms with van der Waals surface area (Å²) in [4.78, 5) is 2.17. The van der Waals surface area contributed by atoms with Gasteiger partial charge < -0.3 is 10.2 Å². The molecule has 0 saturated carbocycles. The van der Waals surface area contributed by atoms with E-state index in [0.717, 1.165) is 13.1 Å². The zero-order valence-corrected chi connectivity index (χ0v) is 8.71. The number of aliphatic hydroxyl groups is 2. The molecule has 0 amide bonds. The maximum Gasteiger partial charge on any atom is 0.0926 e. The average molecular weight is 207 g/mol. The van der Waals surface area contributed by atoms with E-state index < -0.39 is 12.2 Å². The van der Waals surface area contributed by atoms with Crippen LogP contribution in [0.3, 0.4) is 0 Å². The maximum absolute atomic E-state index is 9.53. The minimum Gasteiger partial charge on any atom is -0.390 e. The van der Waals surface area contributed by atoms with Crippen LogP contribution in [0.2, 0.25) is 0 Å². The monoisotopic (exact) mass is 207 g/mol. The van der Waals surface area contributed by atoms with Crippen molar-refractivity contribution in [2.24, 2.45) is 0 Å². The lowest BCUT2D eigenvalue weighted by Gasteiger charge is -2.33. The Bertz CT molecular complexity index is 302. The molecule has 1 heterocycles. The van der Waals surface area contributed by atoms with Crippen LogP contribution >= 0.6 is 0 Å². The minimum absolute atomic E-state index is 0.544. The zero-order chi connectivity index (χ0) is 10.7. The van der Waals surface area contributed by atoms with Crippen molar-refractivity contribution in [1.82, 2.24) is 4.90 Å². The molecule has 1 fully saturated rings. The molecule has 1 aliphatic heterocycles. The number of nitrogens with zero attached hydrogens (tertiary/aromatic N) is 1. The minimum atomic E-state index is -0.595. The lowest BCUT2D eigenvalue weighted by Crippen LogP contribution is -2.46. The van der Waals surface area contributed by atoms with Crippen molar-refractivity contribution in [1.29, 1.82) is 0 Å². The number of hydrogen-bond donors (Lipinski definition) is 2. The van der Waals surface area contributed by atoms with Gasteiger partial charge in [-0.2, -0.15) is 0 Å². The van der Waals surface area contributed by atoms with Gasteiger partial charge in [0.1, 0.15) is 0 Å². The van der Waals surface area contributed by atoms with E-state index in [-0.39, 0.29) is 0 Å². The first-order valence-corrected chi connectivity index (χ1v) is 5.38. The predicted octanol–water partition coefficient (Wildman–Crippen LogP) is 0.614. The van der Waals surface area contributed by atoms with Gasteiger partial charge in [-0.25, -0.2) is 0 Å². The lowest BCUT2D eigenvalue weighted by atomic mass is 10.0. The Hall–Kier alpha value is -0.900. The van der Waals surface area contributed by atoms with Crippen LogP contribution in [0.1, 0.15) is 12.0 Å². The summed E-state index contributed by atoms with van der Waals surface area (Å²) in [5.41, 5.74) is 1.25. The molecule has 3 nitrogen and oxygen atoms in total. The molecule has 0 spiro atoms. The number of β-amino-alcohol motifs (C(OH)–C–C–N with tert-alkyl or cyclic N) is 1. The van der Waals surface area contributed by atoms with Gasteiger partial charge in [-0.05, 0) is 12.0 Å². The lowest BCUT2D eigenvalue weighted by molar-refractivity contribution is -0.0403. The van der Waals surface area contributed by atoms with Crippen LogP contribution in [-0.2, 0) is 6.54 Å². The highest BCUT2D eigenvalue weighted by Gasteiger charge is 2.25. The van der Waals surface area contributed by atoms with Gasteiger partial charge in [0.05, 0.1) is 12.2 Å². The number of hydrogen-bond acceptors (Lipinski definition) is 3. The van der Waals surface area contributed by atoms with Crippen molar-refractivity contribution in [3.63, 3.8) is 0 Å². The van der Waals surface area contributed by atoms with Gasteiger partial charge >= 0.3 is 0 Å². The van der Waals surface area contributed by atoms with Gasteiger partial charge in [0, 0.05) is 19.6 Å². The third-order valence-electron chi connectivity index (χ3n) is 2.88. The van der Waals surface area contributed by atoms with Gasteiger partial charge in [0.25, 0.3) is 0 Å². The van der Waals surface area contributed by atoms with E-state index in [1.165, 1.54) is 5.56 Å². The van der Waals surface area contributed by atoms with Crippen molar-refractivity contribution < 1.29 is 10.2 Å². The van der Waals surface area contributed by atoms with Crippen molar-refractivity contribution in [3.8, 4) is 0 Å². The standard InChI is InChI=1S/C12H17NO2/c14-11-6-7-13(9-12(11)15)8-10-4-2-1-3-5-10/h1-5,11-12,14-15H,6-9H2. The first-order chi connectivity index (χ1) is 7.25. The first kappa shape index (κ1) is 10.6. The summed E-state index contributed by atoms with van der Waals surface area (Å²) in [7, 11) is 0. The molecule has 3 heteroatoms. The molecule has 1 aromatic rings. The Morgan fingerprint density at radius 3 is 2.53 bits per heavy atom. The molecular weight excluding hydrogens is 190 g/mol. The van der Waals surface area contributed by atoms with E-state index >= 15 is 0 Å². The second-order valence-corrected chi connectivity index (χ2v) is 4.14. The number of piperidine rings is 1. The predicted molar refractivity (Wildman–Crippen MR) is 58.3 cm³/mol. The molecule has 1 saturated heterocycles. The van der Waals surface area contributed by atoms with Gasteiger partial charge in [0.2, 0.25) is 0 Å². The normalized spacial score (nSPS) is 27.9. The van der Waals surface area contributed by atoms with Crippen molar-refractivity contribution in [3.05, 3.63) is 35.9 Å². The number of rotatable bonds is 2. The van der Waals surface area contributed by atoms with E-state index in [1.54, 1.807) is 0 Å². The molecule has 0 bridgehead atoms. The molecule has 0 radical (unpaired) electrons. The topological polar surface area (TPSA) is 43.7 Å². The van der Waals surface area contributed by atoms with E-state index in [4.69, 9.17) is 0 Å². The summed E-state index contributed by atoms with van der Waals surface area (Å²) < 4.78 is 0. The highest BCUT2D eigenvalue weighted by atomic mass is 16.3. The molecule has 1 aromatic carbocycles. The molecule has 1 aliphatic rings. The zero-order valence-electron chi connectivity index (χ0n) is 8.71. The fourth-order valence-electron chi connectivity index (χ4n) is 1.97. The van der Waals surface area contributed by atoms with Crippen LogP contribution in [0, 0.1) is 0 Å². The van der Waals surface area contributed by atoms with Gasteiger partial charge in [-0.3, -0.25) is 4.90 Å². The highest BCUT2D eigenvalue weighted by molar-refractivity contribution is 5.14. The summed E-state index contributed by atoms with van der Waals surface area (Å²) in [5, 5.41) is 18.9. The van der Waals surface area contributed by atoms with Crippen molar-refractivity contribution in [2.75, 3.05) is 13.1 Å². The summed E-state index contributed by atoms with van der Waals surface area (Å²) in [6.07, 6.45) is -0.479. The second-order valence-electron chi connectivity index (χ2n) is 4.14. The number of likely N-dealkylation sites (tertiary alicyclic amines) is 1. The molecule has 2 N–H and O–H groups in total. The molecule has 82 valence electrons. The van der Waals surface area contributed by atoms with Crippen molar-refractivity contribution >= 4 is 0 Å². The third-order valence-corrected chi connectivity index (χ3v) is 2.88. The Labute approximate surface area is 90.0 Å². The number of benzene rings is 1. The third kappa shape index (κ3) is 2.78. The second kappa shape index (κ2) is 4.75. The van der Waals surface area contributed by atoms with Crippen molar-refractivity contribution in [2.45, 2.75) is 25.2 Å². The average Bonchev–Trinajstić information content (AvgIpc) is 2.25. The number of aliphatic hydroxyl groups excluding tert-OH is 2. The van der Waals surface area contributed by atoms with Crippen LogP contribution in [0.4, 0.5) is 0 Å². The Kier molecular flexibility index (Phi) is 3.36. The first-order valence-electron chi connectivity index (χ1n) is 5.38. The van der Waals surface area contributed by atoms with Crippen LogP contribution < -0.4 is 0 Å². The van der Waals surface area contributed by atoms with Gasteiger partial charge in [-0.15, -0.1) is 0 Å². The Morgan fingerprint density at radius 1 is 1.13 bits per heavy atom. The van der Waals surface area contributed by atoms with Crippen LogP contribution in [0.25, 0.3) is 0 Å². The van der Waals surface area contributed by atoms with E-state index in [0.29, 0.717) is 13.0 Å². The Morgan fingerprint density at radius 2 is 1.87 bits per heavy atom. The van der Waals surface area contributed by atoms with E-state index in [9.17, 15) is 10.2 Å². The molecule has 15 heavy (non-hydrogen) atoms. The molecule has 2 unspecified atom stereocenters. The SMILES string of the molecule is OC1CCN(Cc2ccccc2)CC1O. The molecular formula is C12H17NO2. The fraction of sp³-hybridized carbons (Fsp3) is 0.500. The quantitative estimate of drug-likeness (QED) is 0.747. The van der Waals surface area contributed by atoms with Crippen LogP contribution in [0.15, 0.2) is 30.3 Å². The summed E-state index contributed by atoms with van der Waals surface area (Å²) in [6.45, 7) is 2.27.